The number of aliphatic hydroxyl groups excluding tert-OH is 1. The number of fused-ring (bicyclic) bond motifs is 1. The Balaban J connectivity index is 1.71. The summed E-state index contributed by atoms with van der Waals surface area (Å²) in [4.78, 5) is 4.48. The Morgan fingerprint density at radius 3 is 3.00 bits per heavy atom. The average Bonchev–Trinajstić information content (AvgIpc) is 2.97. The van der Waals surface area contributed by atoms with Crippen LogP contribution in [0.25, 0.3) is 10.2 Å². The van der Waals surface area contributed by atoms with Gasteiger partial charge < -0.3 is 15.2 Å². The van der Waals surface area contributed by atoms with Gasteiger partial charge in [-0.2, -0.15) is 0 Å². The van der Waals surface area contributed by atoms with Crippen molar-refractivity contribution < 1.29 is 9.84 Å². The third kappa shape index (κ3) is 2.46. The van der Waals surface area contributed by atoms with Gasteiger partial charge in [0.2, 0.25) is 0 Å². The molecule has 0 aliphatic heterocycles. The summed E-state index contributed by atoms with van der Waals surface area (Å²) < 4.78 is 6.99. The molecule has 5 heteroatoms. The van der Waals surface area contributed by atoms with Crippen LogP contribution < -0.4 is 5.32 Å². The van der Waals surface area contributed by atoms with Crippen LogP contribution in [0.5, 0.6) is 0 Å². The summed E-state index contributed by atoms with van der Waals surface area (Å²) in [5, 5.41) is 15.6. The molecule has 2 atom stereocenters. The fourth-order valence-electron chi connectivity index (χ4n) is 3.36. The number of thiophene rings is 1. The third-order valence-electron chi connectivity index (χ3n) is 5.20. The molecule has 2 aromatic heterocycles. The Labute approximate surface area is 135 Å². The summed E-state index contributed by atoms with van der Waals surface area (Å²) in [6, 6.07) is 4.21. The van der Waals surface area contributed by atoms with Gasteiger partial charge in [0.1, 0.15) is 0 Å². The van der Waals surface area contributed by atoms with E-state index in [1.165, 1.54) is 4.70 Å². The number of aliphatic hydroxyl groups is 1. The molecule has 0 amide bonds. The van der Waals surface area contributed by atoms with E-state index in [0.29, 0.717) is 13.2 Å². The van der Waals surface area contributed by atoms with E-state index >= 15 is 0 Å². The molecule has 0 aromatic carbocycles. The van der Waals surface area contributed by atoms with Crippen molar-refractivity contribution in [1.82, 2.24) is 10.3 Å². The van der Waals surface area contributed by atoms with Crippen LogP contribution in [0.3, 0.4) is 0 Å². The van der Waals surface area contributed by atoms with Crippen LogP contribution in [-0.2, 0) is 11.3 Å². The van der Waals surface area contributed by atoms with Crippen LogP contribution in [0, 0.1) is 5.41 Å². The van der Waals surface area contributed by atoms with Crippen molar-refractivity contribution >= 4 is 21.6 Å². The first kappa shape index (κ1) is 15.9. The first-order valence-electron chi connectivity index (χ1n) is 7.82. The summed E-state index contributed by atoms with van der Waals surface area (Å²) >= 11 is 1.71. The van der Waals surface area contributed by atoms with E-state index in [2.05, 4.69) is 35.6 Å². The number of pyridine rings is 1. The smallest absolute Gasteiger partial charge is 0.0809 e. The van der Waals surface area contributed by atoms with Crippen molar-refractivity contribution in [1.29, 1.82) is 0 Å². The number of nitrogens with one attached hydrogen (secondary N) is 1. The van der Waals surface area contributed by atoms with Gasteiger partial charge in [-0.25, -0.2) is 0 Å². The van der Waals surface area contributed by atoms with E-state index in [1.54, 1.807) is 11.3 Å². The predicted octanol–water partition coefficient (Wildman–Crippen LogP) is 2.95. The second kappa shape index (κ2) is 5.89. The standard InChI is InChI=1S/C17H24N2O2S/c1-4-21-15-8-17(11-20,16(15,2)3)19-10-12-7-14-13(18-9-12)5-6-22-14/h5-7,9,15,19-20H,4,8,10-11H2,1-3H3/t15-,17+/m1/s1. The van der Waals surface area contributed by atoms with Crippen LogP contribution in [0.4, 0.5) is 0 Å². The summed E-state index contributed by atoms with van der Waals surface area (Å²) in [6.45, 7) is 7.91. The molecule has 0 bridgehead atoms. The maximum atomic E-state index is 9.94. The molecule has 1 aliphatic carbocycles. The fraction of sp³-hybridized carbons (Fsp3) is 0.588. The van der Waals surface area contributed by atoms with E-state index in [9.17, 15) is 5.11 Å². The Bertz CT molecular complexity index is 655. The Hall–Kier alpha value is -1.01. The van der Waals surface area contributed by atoms with Crippen LogP contribution in [0.1, 0.15) is 32.8 Å². The lowest BCUT2D eigenvalue weighted by Crippen LogP contribution is -2.73. The van der Waals surface area contributed by atoms with Gasteiger partial charge in [0.05, 0.1) is 28.5 Å². The molecule has 4 nitrogen and oxygen atoms in total. The second-order valence-corrected chi connectivity index (χ2v) is 7.56. The van der Waals surface area contributed by atoms with Crippen molar-refractivity contribution in [2.45, 2.75) is 45.4 Å². The number of nitrogens with zero attached hydrogens (tertiary/aromatic N) is 1. The van der Waals surface area contributed by atoms with Crippen molar-refractivity contribution in [2.24, 2.45) is 5.41 Å². The van der Waals surface area contributed by atoms with Gasteiger partial charge in [0.25, 0.3) is 0 Å². The van der Waals surface area contributed by atoms with Gasteiger partial charge in [0.15, 0.2) is 0 Å². The number of hydrogen-bond acceptors (Lipinski definition) is 5. The van der Waals surface area contributed by atoms with Crippen LogP contribution >= 0.6 is 11.3 Å². The molecule has 1 fully saturated rings. The molecule has 1 aliphatic rings. The third-order valence-corrected chi connectivity index (χ3v) is 6.05. The lowest BCUT2D eigenvalue weighted by molar-refractivity contribution is -0.177. The van der Waals surface area contributed by atoms with Crippen LogP contribution in [0.15, 0.2) is 23.7 Å². The predicted molar refractivity (Wildman–Crippen MR) is 90.1 cm³/mol. The van der Waals surface area contributed by atoms with E-state index in [1.807, 2.05) is 19.2 Å². The zero-order valence-corrected chi connectivity index (χ0v) is 14.2. The summed E-state index contributed by atoms with van der Waals surface area (Å²) in [7, 11) is 0. The largest absolute Gasteiger partial charge is 0.394 e. The van der Waals surface area contributed by atoms with E-state index in [-0.39, 0.29) is 23.7 Å². The molecule has 2 heterocycles. The molecule has 2 aromatic rings. The van der Waals surface area contributed by atoms with Crippen molar-refractivity contribution in [2.75, 3.05) is 13.2 Å². The summed E-state index contributed by atoms with van der Waals surface area (Å²) in [5.41, 5.74) is 1.83. The number of aromatic nitrogens is 1. The maximum Gasteiger partial charge on any atom is 0.0809 e. The highest BCUT2D eigenvalue weighted by molar-refractivity contribution is 7.17. The highest BCUT2D eigenvalue weighted by Gasteiger charge is 2.60. The Morgan fingerprint density at radius 1 is 1.50 bits per heavy atom. The Morgan fingerprint density at radius 2 is 2.32 bits per heavy atom. The van der Waals surface area contributed by atoms with Gasteiger partial charge in [0, 0.05) is 24.8 Å². The maximum absolute atomic E-state index is 9.94. The number of rotatable bonds is 6. The molecule has 120 valence electrons. The van der Waals surface area contributed by atoms with Crippen molar-refractivity contribution in [3.63, 3.8) is 0 Å². The molecule has 0 unspecified atom stereocenters. The monoisotopic (exact) mass is 320 g/mol. The SMILES string of the molecule is CCO[C@@H]1C[C@@](CO)(NCc2cnc3ccsc3c2)C1(C)C. The molecular formula is C17H24N2O2S. The number of hydrogen-bond donors (Lipinski definition) is 2. The van der Waals surface area contributed by atoms with Gasteiger partial charge in [-0.3, -0.25) is 4.98 Å². The molecule has 0 radical (unpaired) electrons. The van der Waals surface area contributed by atoms with Crippen molar-refractivity contribution in [3.05, 3.63) is 29.3 Å². The topological polar surface area (TPSA) is 54.4 Å². The summed E-state index contributed by atoms with van der Waals surface area (Å²) in [5.74, 6) is 0. The first-order chi connectivity index (χ1) is 10.5. The molecule has 2 N–H and O–H groups in total. The molecule has 0 saturated heterocycles. The van der Waals surface area contributed by atoms with Gasteiger partial charge in [-0.1, -0.05) is 13.8 Å². The quantitative estimate of drug-likeness (QED) is 0.859. The minimum absolute atomic E-state index is 0.0851. The zero-order valence-electron chi connectivity index (χ0n) is 13.4. The first-order valence-corrected chi connectivity index (χ1v) is 8.70. The van der Waals surface area contributed by atoms with E-state index in [0.717, 1.165) is 17.5 Å². The van der Waals surface area contributed by atoms with Crippen LogP contribution in [0.2, 0.25) is 0 Å². The number of ether oxygens (including phenoxy) is 1. The van der Waals surface area contributed by atoms with Crippen molar-refractivity contribution in [3.8, 4) is 0 Å². The highest BCUT2D eigenvalue weighted by atomic mass is 32.1. The lowest BCUT2D eigenvalue weighted by Gasteiger charge is -2.60. The summed E-state index contributed by atoms with van der Waals surface area (Å²) in [6.07, 6.45) is 2.97. The lowest BCUT2D eigenvalue weighted by atomic mass is 9.54. The normalized spacial score (nSPS) is 27.0. The molecule has 0 spiro atoms. The average molecular weight is 320 g/mol. The van der Waals surface area contributed by atoms with Gasteiger partial charge >= 0.3 is 0 Å². The fourth-order valence-corrected chi connectivity index (χ4v) is 4.16. The minimum atomic E-state index is -0.281. The molecular weight excluding hydrogens is 296 g/mol. The molecule has 3 rings (SSSR count). The minimum Gasteiger partial charge on any atom is -0.394 e. The van der Waals surface area contributed by atoms with Gasteiger partial charge in [-0.05, 0) is 36.4 Å². The zero-order chi connectivity index (χ0) is 15.8. The molecule has 22 heavy (non-hydrogen) atoms. The van der Waals surface area contributed by atoms with E-state index in [4.69, 9.17) is 4.74 Å². The second-order valence-electron chi connectivity index (χ2n) is 6.61. The highest BCUT2D eigenvalue weighted by Crippen LogP contribution is 2.51. The van der Waals surface area contributed by atoms with Gasteiger partial charge in [-0.15, -0.1) is 11.3 Å². The molecule has 1 saturated carbocycles. The van der Waals surface area contributed by atoms with Crippen LogP contribution in [-0.4, -0.2) is 34.9 Å². The Kier molecular flexibility index (Phi) is 4.25. The van der Waals surface area contributed by atoms with E-state index < -0.39 is 0 Å².